The minimum atomic E-state index is -0.417. The van der Waals surface area contributed by atoms with E-state index >= 15 is 0 Å². The van der Waals surface area contributed by atoms with Crippen LogP contribution in [0.1, 0.15) is 124 Å². The maximum absolute atomic E-state index is 12.6. The number of rotatable bonds is 2. The van der Waals surface area contributed by atoms with Crippen molar-refractivity contribution in [2.24, 2.45) is 0 Å². The fourth-order valence-electron chi connectivity index (χ4n) is 8.32. The van der Waals surface area contributed by atoms with E-state index in [1.165, 1.54) is 47.9 Å². The second-order valence-electron chi connectivity index (χ2n) is 15.2. The van der Waals surface area contributed by atoms with Crippen molar-refractivity contribution in [3.63, 3.8) is 0 Å². The topological polar surface area (TPSA) is 167 Å². The number of fused-ring (bicyclic) bond motifs is 4. The van der Waals surface area contributed by atoms with Gasteiger partial charge < -0.3 is 36.1 Å². The van der Waals surface area contributed by atoms with Crippen molar-refractivity contribution >= 4 is 0 Å². The molecule has 0 aliphatic heterocycles. The van der Waals surface area contributed by atoms with Crippen molar-refractivity contribution in [3.8, 4) is 45.3 Å². The zero-order valence-corrected chi connectivity index (χ0v) is 36.1. The smallest absolute Gasteiger partial charge is 2.00 e. The Morgan fingerprint density at radius 2 is 0.509 bits per heavy atom. The van der Waals surface area contributed by atoms with Crippen LogP contribution in [0.25, 0.3) is 22.3 Å². The van der Waals surface area contributed by atoms with Crippen LogP contribution in [0.2, 0.25) is 0 Å². The molecule has 0 fully saturated rings. The van der Waals surface area contributed by atoms with Crippen LogP contribution >= 0.6 is 0 Å². The molecule has 55 heavy (non-hydrogen) atoms. The Labute approximate surface area is 358 Å². The predicted octanol–water partition coefficient (Wildman–Crippen LogP) is 5.90. The van der Waals surface area contributed by atoms with Crippen molar-refractivity contribution in [3.05, 3.63) is 93.0 Å². The van der Waals surface area contributed by atoms with Gasteiger partial charge in [-0.15, -0.1) is 35.2 Å². The second-order valence-corrected chi connectivity index (χ2v) is 15.2. The summed E-state index contributed by atoms with van der Waals surface area (Å²) in [6, 6.07) is 14.6. The van der Waals surface area contributed by atoms with Gasteiger partial charge in [-0.25, -0.2) is 0 Å². The van der Waals surface area contributed by atoms with E-state index in [4.69, 9.17) is 0 Å². The third-order valence-corrected chi connectivity index (χ3v) is 10.5. The molecule has 0 spiro atoms. The van der Waals surface area contributed by atoms with Gasteiger partial charge in [-0.2, -0.15) is 0 Å². The zero-order chi connectivity index (χ0) is 37.4. The molecule has 4 aromatic carbocycles. The van der Waals surface area contributed by atoms with E-state index in [2.05, 4.69) is 0 Å². The minimum Gasteiger partial charge on any atom is -2.00 e. The molecule has 0 bridgehead atoms. The summed E-state index contributed by atoms with van der Waals surface area (Å²) in [7, 11) is 0. The van der Waals surface area contributed by atoms with Gasteiger partial charge in [-0.05, 0) is 169 Å². The average Bonchev–Trinajstić information content (AvgIpc) is 3.12. The van der Waals surface area contributed by atoms with Gasteiger partial charge in [-0.1, -0.05) is 76.2 Å². The molecule has 0 atom stereocenters. The van der Waals surface area contributed by atoms with E-state index in [1.54, 1.807) is 52.0 Å². The van der Waals surface area contributed by atoms with Gasteiger partial charge in [0.05, 0.1) is 0 Å². The second kappa shape index (κ2) is 23.0. The molecule has 288 valence electrons. The third kappa shape index (κ3) is 12.2. The standard InChI is InChI=1S/2C20H22O2.2C3H7O.O.2Ti/c2*21-17-11-9-13-5-1-3-7-15(13)19(17)20-16-8-4-2-6-14(16)10-12-18(20)22;2*1-3(2)4;;;/h2*9-12,21-22H,1-8H2;2*3H,1-2H3;;;/q;;2*-1;-2;2*+4/p-4. The molecule has 4 aromatic rings. The molecule has 0 amide bonds. The van der Waals surface area contributed by atoms with Gasteiger partial charge in [0.25, 0.3) is 0 Å². The Bertz CT molecular complexity index is 1570. The molecule has 9 heteroatoms. The van der Waals surface area contributed by atoms with Crippen molar-refractivity contribution < 1.29 is 79.6 Å². The zero-order valence-electron chi connectivity index (χ0n) is 32.9. The van der Waals surface area contributed by atoms with Gasteiger partial charge in [0, 0.05) is 0 Å². The van der Waals surface area contributed by atoms with Crippen LogP contribution in [0.5, 0.6) is 23.0 Å². The number of benzene rings is 4. The molecule has 4 aliphatic rings. The minimum absolute atomic E-state index is 0. The van der Waals surface area contributed by atoms with Crippen LogP contribution in [-0.4, -0.2) is 12.2 Å². The van der Waals surface area contributed by atoms with Crippen LogP contribution in [0.3, 0.4) is 0 Å². The van der Waals surface area contributed by atoms with Gasteiger partial charge in [0.1, 0.15) is 0 Å². The van der Waals surface area contributed by atoms with Crippen LogP contribution in [0.4, 0.5) is 0 Å². The van der Waals surface area contributed by atoms with Crippen LogP contribution < -0.4 is 30.6 Å². The summed E-state index contributed by atoms with van der Waals surface area (Å²) < 4.78 is 0. The molecule has 0 saturated carbocycles. The van der Waals surface area contributed by atoms with Gasteiger partial charge in [0.2, 0.25) is 0 Å². The molecule has 0 N–H and O–H groups in total. The van der Waals surface area contributed by atoms with Crippen LogP contribution in [0, 0.1) is 0 Å². The van der Waals surface area contributed by atoms with E-state index in [-0.39, 0.29) is 71.9 Å². The summed E-state index contributed by atoms with van der Waals surface area (Å²) in [5.41, 5.74) is 12.6. The molecule has 0 aromatic heterocycles. The summed E-state index contributed by atoms with van der Waals surface area (Å²) >= 11 is 0. The van der Waals surface area contributed by atoms with Gasteiger partial charge in [-0.3, -0.25) is 0 Å². The van der Waals surface area contributed by atoms with Crippen LogP contribution in [-0.2, 0) is 100 Å². The quantitative estimate of drug-likeness (QED) is 0.229. The fraction of sp³-hybridized carbons (Fsp3) is 0.478. The van der Waals surface area contributed by atoms with Crippen LogP contribution in [0.15, 0.2) is 48.5 Å². The molecule has 4 aliphatic carbocycles. The normalized spacial score (nSPS) is 14.8. The Hall–Kier alpha value is -2.61. The molecule has 0 saturated heterocycles. The Morgan fingerprint density at radius 3 is 0.691 bits per heavy atom. The third-order valence-electron chi connectivity index (χ3n) is 10.5. The van der Waals surface area contributed by atoms with Crippen molar-refractivity contribution in [2.45, 2.75) is 143 Å². The molecule has 8 rings (SSSR count). The molecule has 0 heterocycles. The van der Waals surface area contributed by atoms with Crippen molar-refractivity contribution in [2.75, 3.05) is 0 Å². The van der Waals surface area contributed by atoms with E-state index < -0.39 is 12.2 Å². The van der Waals surface area contributed by atoms with E-state index in [0.717, 1.165) is 122 Å². The maximum atomic E-state index is 12.6. The number of hydrogen-bond acceptors (Lipinski definition) is 6. The molecular weight excluding hydrogens is 760 g/mol. The SMILES string of the molecule is CC(C)[O-].CC(C)[O-].[O-2].[O-]c1ccc2c(c1-c1c([O-])ccc3c1CCCC3)CCCC2.[O-]c1ccc2c(c1-c1c([O-])ccc3c1CCCC3)CCCC2.[Ti+4].[Ti+4]. The summed E-state index contributed by atoms with van der Waals surface area (Å²) in [4.78, 5) is 0. The van der Waals surface area contributed by atoms with E-state index in [0.29, 0.717) is 0 Å². The molecule has 7 nitrogen and oxygen atoms in total. The molecule has 0 unspecified atom stereocenters. The van der Waals surface area contributed by atoms with Crippen molar-refractivity contribution in [1.29, 1.82) is 0 Å². The summed E-state index contributed by atoms with van der Waals surface area (Å²) in [6.45, 7) is 6.44. The van der Waals surface area contributed by atoms with E-state index in [9.17, 15) is 30.6 Å². The monoisotopic (exact) mass is 814 g/mol. The maximum Gasteiger partial charge on any atom is 4.00 e. The first kappa shape index (κ1) is 48.5. The first-order valence-electron chi connectivity index (χ1n) is 19.6. The number of aryl methyl sites for hydroxylation is 4. The Balaban J connectivity index is 0.000000305. The Morgan fingerprint density at radius 1 is 0.345 bits per heavy atom. The number of hydrogen-bond donors (Lipinski definition) is 0. The summed E-state index contributed by atoms with van der Waals surface area (Å²) in [6.07, 6.45) is 16.2. The van der Waals surface area contributed by atoms with Crippen molar-refractivity contribution in [1.82, 2.24) is 0 Å². The largest absolute Gasteiger partial charge is 4.00 e. The molecular formula is C46H54O7Ti2. The fourth-order valence-corrected chi connectivity index (χ4v) is 8.32. The van der Waals surface area contributed by atoms with Gasteiger partial charge in [0.15, 0.2) is 0 Å². The van der Waals surface area contributed by atoms with Gasteiger partial charge >= 0.3 is 43.4 Å². The first-order chi connectivity index (χ1) is 25.0. The first-order valence-corrected chi connectivity index (χ1v) is 19.6. The predicted molar refractivity (Wildman–Crippen MR) is 199 cm³/mol. The Kier molecular flexibility index (Phi) is 20.3. The molecule has 0 radical (unpaired) electrons. The summed E-state index contributed by atoms with van der Waals surface area (Å²) in [5, 5.41) is 69.4. The average molecular weight is 815 g/mol. The summed E-state index contributed by atoms with van der Waals surface area (Å²) in [5.74, 6) is 0.0990. The van der Waals surface area contributed by atoms with E-state index in [1.807, 2.05) is 24.3 Å².